The Morgan fingerprint density at radius 2 is 1.86 bits per heavy atom. The number of amides is 1. The fraction of sp³-hybridized carbons (Fsp3) is 0.250. The van der Waals surface area contributed by atoms with Crippen LogP contribution in [0.1, 0.15) is 35.5 Å². The second-order valence-corrected chi connectivity index (χ2v) is 6.93. The highest BCUT2D eigenvalue weighted by Crippen LogP contribution is 2.29. The molecule has 0 aliphatic heterocycles. The molecule has 3 rings (SSSR count). The molecule has 0 saturated carbocycles. The van der Waals surface area contributed by atoms with Gasteiger partial charge < -0.3 is 9.73 Å². The number of aromatic nitrogens is 2. The minimum absolute atomic E-state index is 0.156. The number of pyridine rings is 1. The molecule has 146 valence electrons. The Labute approximate surface area is 159 Å². The molecule has 0 radical (unpaired) electrons. The van der Waals surface area contributed by atoms with E-state index in [4.69, 9.17) is 4.42 Å². The van der Waals surface area contributed by atoms with E-state index < -0.39 is 23.1 Å². The van der Waals surface area contributed by atoms with Gasteiger partial charge in [0.1, 0.15) is 6.26 Å². The molecule has 0 atom stereocenters. The van der Waals surface area contributed by atoms with Gasteiger partial charge in [-0.2, -0.15) is 13.2 Å². The Morgan fingerprint density at radius 1 is 1.14 bits per heavy atom. The zero-order chi connectivity index (χ0) is 20.4. The average molecular weight is 389 g/mol. The molecular weight excluding hydrogens is 371 g/mol. The lowest BCUT2D eigenvalue weighted by Crippen LogP contribution is -2.37. The van der Waals surface area contributed by atoms with Crippen LogP contribution in [0.15, 0.2) is 59.5 Å². The highest BCUT2D eigenvalue weighted by atomic mass is 19.4. The van der Waals surface area contributed by atoms with Gasteiger partial charge in [0.15, 0.2) is 0 Å². The number of nitrogens with one attached hydrogen (secondary N) is 1. The number of benzene rings is 1. The molecule has 2 heterocycles. The molecule has 2 aromatic heterocycles. The molecule has 1 N–H and O–H groups in total. The molecule has 0 fully saturated rings. The third-order valence-electron chi connectivity index (χ3n) is 4.24. The van der Waals surface area contributed by atoms with Crippen molar-refractivity contribution in [2.24, 2.45) is 0 Å². The van der Waals surface area contributed by atoms with Crippen molar-refractivity contribution in [3.05, 3.63) is 71.9 Å². The van der Waals surface area contributed by atoms with Gasteiger partial charge >= 0.3 is 6.18 Å². The number of carbonyl (C=O) groups excluding carboxylic acids is 1. The summed E-state index contributed by atoms with van der Waals surface area (Å²) in [5, 5.41) is 2.64. The van der Waals surface area contributed by atoms with Crippen LogP contribution in [0, 0.1) is 0 Å². The Bertz CT molecular complexity index is 966. The smallest absolute Gasteiger partial charge is 0.417 e. The van der Waals surface area contributed by atoms with E-state index in [0.717, 1.165) is 17.8 Å². The van der Waals surface area contributed by atoms with Crippen molar-refractivity contribution >= 4 is 5.91 Å². The van der Waals surface area contributed by atoms with E-state index >= 15 is 0 Å². The van der Waals surface area contributed by atoms with Crippen LogP contribution in [0.2, 0.25) is 0 Å². The summed E-state index contributed by atoms with van der Waals surface area (Å²) >= 11 is 0. The maximum atomic E-state index is 12.8. The number of oxazole rings is 1. The monoisotopic (exact) mass is 389 g/mol. The topological polar surface area (TPSA) is 68.0 Å². The summed E-state index contributed by atoms with van der Waals surface area (Å²) in [4.78, 5) is 20.2. The van der Waals surface area contributed by atoms with Gasteiger partial charge in [-0.25, -0.2) is 4.98 Å². The third-order valence-corrected chi connectivity index (χ3v) is 4.24. The van der Waals surface area contributed by atoms with Gasteiger partial charge in [-0.3, -0.25) is 9.78 Å². The van der Waals surface area contributed by atoms with Crippen LogP contribution in [0.4, 0.5) is 13.2 Å². The van der Waals surface area contributed by atoms with Crippen molar-refractivity contribution in [1.29, 1.82) is 0 Å². The fourth-order valence-corrected chi connectivity index (χ4v) is 2.51. The Morgan fingerprint density at radius 3 is 2.54 bits per heavy atom. The van der Waals surface area contributed by atoms with Crippen molar-refractivity contribution in [3.8, 4) is 11.5 Å². The summed E-state index contributed by atoms with van der Waals surface area (Å²) in [6.07, 6.45) is -1.26. The van der Waals surface area contributed by atoms with Crippen LogP contribution < -0.4 is 5.32 Å². The van der Waals surface area contributed by atoms with Gasteiger partial charge in [0.05, 0.1) is 16.8 Å². The molecule has 8 heteroatoms. The van der Waals surface area contributed by atoms with E-state index in [1.807, 2.05) is 44.2 Å². The van der Waals surface area contributed by atoms with Crippen LogP contribution in [0.3, 0.4) is 0 Å². The molecule has 0 saturated heterocycles. The van der Waals surface area contributed by atoms with Crippen LogP contribution in [0.5, 0.6) is 0 Å². The van der Waals surface area contributed by atoms with E-state index in [-0.39, 0.29) is 12.1 Å². The number of hydrogen-bond acceptors (Lipinski definition) is 4. The predicted octanol–water partition coefficient (Wildman–Crippen LogP) is 4.46. The van der Waals surface area contributed by atoms with Crippen molar-refractivity contribution in [1.82, 2.24) is 15.3 Å². The molecule has 1 aromatic carbocycles. The lowest BCUT2D eigenvalue weighted by Gasteiger charge is -2.22. The molecule has 0 bridgehead atoms. The maximum Gasteiger partial charge on any atom is 0.417 e. The molecule has 3 aromatic rings. The summed E-state index contributed by atoms with van der Waals surface area (Å²) in [7, 11) is 0. The normalized spacial score (nSPS) is 12.0. The van der Waals surface area contributed by atoms with Gasteiger partial charge in [-0.05, 0) is 18.2 Å². The Balaban J connectivity index is 1.70. The Kier molecular flexibility index (Phi) is 5.22. The van der Waals surface area contributed by atoms with Gasteiger partial charge in [0.2, 0.25) is 5.89 Å². The van der Waals surface area contributed by atoms with Crippen molar-refractivity contribution < 1.29 is 22.4 Å². The van der Waals surface area contributed by atoms with Crippen molar-refractivity contribution in [3.63, 3.8) is 0 Å². The van der Waals surface area contributed by atoms with E-state index in [9.17, 15) is 18.0 Å². The summed E-state index contributed by atoms with van der Waals surface area (Å²) in [5.41, 5.74) is -0.280. The van der Waals surface area contributed by atoms with Crippen LogP contribution in [0.25, 0.3) is 11.5 Å². The molecular formula is C20H18F3N3O2. The van der Waals surface area contributed by atoms with E-state index in [2.05, 4.69) is 15.3 Å². The summed E-state index contributed by atoms with van der Waals surface area (Å²) < 4.78 is 43.9. The fourth-order valence-electron chi connectivity index (χ4n) is 2.51. The lowest BCUT2D eigenvalue weighted by atomic mass is 9.90. The first-order chi connectivity index (χ1) is 13.2. The van der Waals surface area contributed by atoms with Gasteiger partial charge in [-0.15, -0.1) is 0 Å². The molecule has 0 aliphatic rings. The zero-order valence-electron chi connectivity index (χ0n) is 15.2. The van der Waals surface area contributed by atoms with Crippen LogP contribution in [-0.2, 0) is 11.6 Å². The largest absolute Gasteiger partial charge is 0.444 e. The number of alkyl halides is 3. The predicted molar refractivity (Wildman–Crippen MR) is 96.5 cm³/mol. The summed E-state index contributed by atoms with van der Waals surface area (Å²) in [6.45, 7) is 3.86. The minimum Gasteiger partial charge on any atom is -0.444 e. The third kappa shape index (κ3) is 4.39. The number of rotatable bonds is 5. The first-order valence-corrected chi connectivity index (χ1v) is 8.49. The standard InChI is InChI=1S/C20H18F3N3O2/c1-19(2,16-11-28-18(26-16)13-6-4-3-5-7-13)12-25-17(27)14-8-15(10-24-9-14)20(21,22)23/h3-11H,12H2,1-2H3,(H,25,27). The highest BCUT2D eigenvalue weighted by molar-refractivity contribution is 5.94. The molecule has 0 spiro atoms. The zero-order valence-corrected chi connectivity index (χ0v) is 15.2. The van der Waals surface area contributed by atoms with Crippen LogP contribution >= 0.6 is 0 Å². The number of hydrogen-bond donors (Lipinski definition) is 1. The van der Waals surface area contributed by atoms with Crippen molar-refractivity contribution in [2.75, 3.05) is 6.54 Å². The molecule has 28 heavy (non-hydrogen) atoms. The first kappa shape index (κ1) is 19.6. The van der Waals surface area contributed by atoms with Crippen molar-refractivity contribution in [2.45, 2.75) is 25.4 Å². The molecule has 1 amide bonds. The average Bonchev–Trinajstić information content (AvgIpc) is 3.17. The SMILES string of the molecule is CC(C)(CNC(=O)c1cncc(C(F)(F)F)c1)c1coc(-c2ccccc2)n1. The molecule has 0 unspecified atom stereocenters. The van der Waals surface area contributed by atoms with E-state index in [0.29, 0.717) is 17.8 Å². The number of carbonyl (C=O) groups is 1. The van der Waals surface area contributed by atoms with Gasteiger partial charge in [0, 0.05) is 29.9 Å². The molecule has 0 aliphatic carbocycles. The summed E-state index contributed by atoms with van der Waals surface area (Å²) in [6, 6.07) is 10.1. The first-order valence-electron chi connectivity index (χ1n) is 8.49. The number of halogens is 3. The Hall–Kier alpha value is -3.16. The summed E-state index contributed by atoms with van der Waals surface area (Å²) in [5.74, 6) is -0.185. The van der Waals surface area contributed by atoms with E-state index in [1.54, 1.807) is 0 Å². The molecule has 5 nitrogen and oxygen atoms in total. The minimum atomic E-state index is -4.56. The maximum absolute atomic E-state index is 12.8. The quantitative estimate of drug-likeness (QED) is 0.699. The van der Waals surface area contributed by atoms with E-state index in [1.165, 1.54) is 6.26 Å². The second-order valence-electron chi connectivity index (χ2n) is 6.93. The number of nitrogens with zero attached hydrogens (tertiary/aromatic N) is 2. The van der Waals surface area contributed by atoms with Gasteiger partial charge in [0.25, 0.3) is 5.91 Å². The van der Waals surface area contributed by atoms with Gasteiger partial charge in [-0.1, -0.05) is 32.0 Å². The lowest BCUT2D eigenvalue weighted by molar-refractivity contribution is -0.137. The second kappa shape index (κ2) is 7.46. The highest BCUT2D eigenvalue weighted by Gasteiger charge is 2.32. The van der Waals surface area contributed by atoms with Crippen LogP contribution in [-0.4, -0.2) is 22.4 Å².